The Labute approximate surface area is 152 Å². The van der Waals surface area contributed by atoms with Gasteiger partial charge in [-0.05, 0) is 62.4 Å². The first-order chi connectivity index (χ1) is 12.7. The van der Waals surface area contributed by atoms with Crippen molar-refractivity contribution in [3.63, 3.8) is 0 Å². The predicted molar refractivity (Wildman–Crippen MR) is 97.9 cm³/mol. The third-order valence-electron chi connectivity index (χ3n) is 7.22. The molecule has 6 heterocycles. The van der Waals surface area contributed by atoms with Crippen molar-refractivity contribution in [2.75, 3.05) is 26.2 Å². The Morgan fingerprint density at radius 2 is 1.88 bits per heavy atom. The molecule has 0 aliphatic carbocycles. The van der Waals surface area contributed by atoms with Crippen molar-refractivity contribution in [2.24, 2.45) is 5.92 Å². The number of aromatic nitrogens is 1. The number of fused-ring (bicyclic) bond motifs is 6. The average molecular weight is 353 g/mol. The van der Waals surface area contributed by atoms with Gasteiger partial charge < -0.3 is 14.4 Å². The van der Waals surface area contributed by atoms with Crippen LogP contribution in [-0.2, 0) is 19.4 Å². The summed E-state index contributed by atoms with van der Waals surface area (Å²) in [5, 5.41) is 0.852. The van der Waals surface area contributed by atoms with Crippen LogP contribution in [0.15, 0.2) is 12.1 Å². The molecule has 2 bridgehead atoms. The van der Waals surface area contributed by atoms with Crippen molar-refractivity contribution in [2.45, 2.75) is 44.7 Å². The third-order valence-corrected chi connectivity index (χ3v) is 7.22. The van der Waals surface area contributed by atoms with Gasteiger partial charge in [-0.2, -0.15) is 0 Å². The molecule has 1 aromatic carbocycles. The number of hydrogen-bond donors (Lipinski definition) is 0. The van der Waals surface area contributed by atoms with Gasteiger partial charge in [0.1, 0.15) is 5.82 Å². The molecule has 1 amide bonds. The van der Waals surface area contributed by atoms with Crippen LogP contribution in [0.5, 0.6) is 0 Å². The Balaban J connectivity index is 1.48. The molecule has 0 spiro atoms. The van der Waals surface area contributed by atoms with Crippen LogP contribution in [0.2, 0.25) is 0 Å². The molecule has 0 radical (unpaired) electrons. The average Bonchev–Trinajstić information content (AvgIpc) is 2.99. The smallest absolute Gasteiger partial charge is 0.256 e. The third kappa shape index (κ3) is 1.95. The number of aryl methyl sites for hydroxylation is 2. The Hall–Kier alpha value is -1.88. The molecule has 1 unspecified atom stereocenters. The van der Waals surface area contributed by atoms with Gasteiger partial charge in [-0.15, -0.1) is 0 Å². The zero-order chi connectivity index (χ0) is 17.4. The van der Waals surface area contributed by atoms with Crippen LogP contribution in [0.1, 0.15) is 40.9 Å². The standard InChI is InChI=1S/C21H24FN3O/c22-15-10-14-2-1-6-24-17-5-9-25(18-12-23-7-3-13(18)4-8-23)21(26)19(17)16(11-15)20(14)24/h10-11,13,18H,1-9,12H2. The summed E-state index contributed by atoms with van der Waals surface area (Å²) < 4.78 is 16.6. The maximum absolute atomic E-state index is 14.2. The molecule has 5 heteroatoms. The largest absolute Gasteiger partial charge is 0.343 e. The van der Waals surface area contributed by atoms with Gasteiger partial charge in [0.25, 0.3) is 5.91 Å². The predicted octanol–water partition coefficient (Wildman–Crippen LogP) is 2.82. The minimum atomic E-state index is -0.206. The molecule has 5 aliphatic rings. The van der Waals surface area contributed by atoms with Gasteiger partial charge in [-0.3, -0.25) is 4.79 Å². The van der Waals surface area contributed by atoms with Crippen LogP contribution in [0, 0.1) is 11.7 Å². The molecular formula is C21H24FN3O. The summed E-state index contributed by atoms with van der Waals surface area (Å²) in [6, 6.07) is 3.60. The van der Waals surface area contributed by atoms with Crippen LogP contribution in [0.3, 0.4) is 0 Å². The number of benzene rings is 1. The maximum atomic E-state index is 14.2. The van der Waals surface area contributed by atoms with E-state index in [9.17, 15) is 9.18 Å². The van der Waals surface area contributed by atoms with Crippen molar-refractivity contribution in [1.82, 2.24) is 14.4 Å². The SMILES string of the molecule is O=C1c2c(n3c4c(cc(F)cc24)CCC3)CCN1C1CN2CCC1CC2. The van der Waals surface area contributed by atoms with Gasteiger partial charge >= 0.3 is 0 Å². The number of nitrogens with zero attached hydrogens (tertiary/aromatic N) is 3. The Kier molecular flexibility index (Phi) is 3.11. The van der Waals surface area contributed by atoms with Gasteiger partial charge in [-0.1, -0.05) is 0 Å². The fourth-order valence-corrected chi connectivity index (χ4v) is 6.03. The zero-order valence-corrected chi connectivity index (χ0v) is 15.0. The second-order valence-electron chi connectivity index (χ2n) is 8.49. The maximum Gasteiger partial charge on any atom is 0.256 e. The lowest BCUT2D eigenvalue weighted by Gasteiger charge is -2.49. The summed E-state index contributed by atoms with van der Waals surface area (Å²) in [6.45, 7) is 5.15. The van der Waals surface area contributed by atoms with Crippen LogP contribution >= 0.6 is 0 Å². The van der Waals surface area contributed by atoms with E-state index < -0.39 is 0 Å². The van der Waals surface area contributed by atoms with E-state index in [1.807, 2.05) is 0 Å². The minimum absolute atomic E-state index is 0.146. The lowest BCUT2D eigenvalue weighted by Crippen LogP contribution is -2.59. The van der Waals surface area contributed by atoms with E-state index in [0.717, 1.165) is 66.6 Å². The molecule has 1 aromatic heterocycles. The molecule has 0 saturated carbocycles. The summed E-state index contributed by atoms with van der Waals surface area (Å²) in [5.41, 5.74) is 4.13. The number of rotatable bonds is 1. The first-order valence-electron chi connectivity index (χ1n) is 10.1. The molecule has 3 saturated heterocycles. The highest BCUT2D eigenvalue weighted by molar-refractivity contribution is 6.10. The minimum Gasteiger partial charge on any atom is -0.343 e. The van der Waals surface area contributed by atoms with Crippen molar-refractivity contribution in [3.8, 4) is 0 Å². The second kappa shape index (κ2) is 5.32. The van der Waals surface area contributed by atoms with E-state index in [2.05, 4.69) is 14.4 Å². The lowest BCUT2D eigenvalue weighted by molar-refractivity contribution is 0.00596. The van der Waals surface area contributed by atoms with Crippen LogP contribution in [0.25, 0.3) is 10.9 Å². The number of carbonyl (C=O) groups is 1. The number of halogens is 1. The Morgan fingerprint density at radius 3 is 2.65 bits per heavy atom. The summed E-state index contributed by atoms with van der Waals surface area (Å²) in [6.07, 6.45) is 5.27. The normalized spacial score (nSPS) is 30.1. The van der Waals surface area contributed by atoms with E-state index in [1.165, 1.54) is 25.9 Å². The summed E-state index contributed by atoms with van der Waals surface area (Å²) in [4.78, 5) is 18.2. The zero-order valence-electron chi connectivity index (χ0n) is 15.0. The first-order valence-corrected chi connectivity index (χ1v) is 10.1. The molecule has 4 nitrogen and oxygen atoms in total. The van der Waals surface area contributed by atoms with Crippen molar-refractivity contribution >= 4 is 16.8 Å². The van der Waals surface area contributed by atoms with E-state index in [0.29, 0.717) is 12.0 Å². The number of piperidine rings is 3. The Morgan fingerprint density at radius 1 is 1.04 bits per heavy atom. The van der Waals surface area contributed by atoms with Crippen molar-refractivity contribution in [1.29, 1.82) is 0 Å². The van der Waals surface area contributed by atoms with Gasteiger partial charge in [0.2, 0.25) is 0 Å². The van der Waals surface area contributed by atoms with Gasteiger partial charge in [0, 0.05) is 43.2 Å². The summed E-state index contributed by atoms with van der Waals surface area (Å²) in [5.74, 6) is 0.580. The fourth-order valence-electron chi connectivity index (χ4n) is 6.03. The highest BCUT2D eigenvalue weighted by Crippen LogP contribution is 2.39. The molecule has 136 valence electrons. The van der Waals surface area contributed by atoms with E-state index >= 15 is 0 Å². The number of hydrogen-bond acceptors (Lipinski definition) is 2. The summed E-state index contributed by atoms with van der Waals surface area (Å²) >= 11 is 0. The first kappa shape index (κ1) is 15.2. The molecule has 7 rings (SSSR count). The quantitative estimate of drug-likeness (QED) is 0.789. The number of amides is 1. The molecule has 5 aliphatic heterocycles. The monoisotopic (exact) mass is 353 g/mol. The lowest BCUT2D eigenvalue weighted by atomic mass is 9.82. The molecular weight excluding hydrogens is 329 g/mol. The van der Waals surface area contributed by atoms with Gasteiger partial charge in [0.05, 0.1) is 11.1 Å². The topological polar surface area (TPSA) is 28.5 Å². The van der Waals surface area contributed by atoms with Gasteiger partial charge in [0.15, 0.2) is 0 Å². The molecule has 2 aromatic rings. The van der Waals surface area contributed by atoms with Crippen LogP contribution in [0.4, 0.5) is 4.39 Å². The molecule has 26 heavy (non-hydrogen) atoms. The van der Waals surface area contributed by atoms with E-state index in [4.69, 9.17) is 0 Å². The van der Waals surface area contributed by atoms with Gasteiger partial charge in [-0.25, -0.2) is 4.39 Å². The second-order valence-corrected chi connectivity index (χ2v) is 8.49. The number of carbonyl (C=O) groups excluding carboxylic acids is 1. The van der Waals surface area contributed by atoms with Crippen LogP contribution in [-0.4, -0.2) is 52.5 Å². The highest BCUT2D eigenvalue weighted by Gasteiger charge is 2.42. The van der Waals surface area contributed by atoms with Crippen molar-refractivity contribution < 1.29 is 9.18 Å². The van der Waals surface area contributed by atoms with E-state index in [1.54, 1.807) is 12.1 Å². The molecule has 3 fully saturated rings. The Bertz CT molecular complexity index is 925. The van der Waals surface area contributed by atoms with E-state index in [-0.39, 0.29) is 11.7 Å². The molecule has 1 atom stereocenters. The van der Waals surface area contributed by atoms with Crippen molar-refractivity contribution in [3.05, 3.63) is 34.8 Å². The molecule has 0 N–H and O–H groups in total. The highest BCUT2D eigenvalue weighted by atomic mass is 19.1. The van der Waals surface area contributed by atoms with Crippen LogP contribution < -0.4 is 0 Å². The summed E-state index contributed by atoms with van der Waals surface area (Å²) in [7, 11) is 0. The fraction of sp³-hybridized carbons (Fsp3) is 0.571.